The lowest BCUT2D eigenvalue weighted by molar-refractivity contribution is 0.389. The molecule has 0 atom stereocenters. The lowest BCUT2D eigenvalue weighted by Crippen LogP contribution is -2.19. The fourth-order valence-corrected chi connectivity index (χ4v) is 1.75. The number of nitrogens with one attached hydrogen (secondary N) is 1. The van der Waals surface area contributed by atoms with Crippen molar-refractivity contribution in [3.05, 3.63) is 35.7 Å². The van der Waals surface area contributed by atoms with E-state index in [2.05, 4.69) is 29.3 Å². The van der Waals surface area contributed by atoms with Crippen molar-refractivity contribution in [2.24, 2.45) is 5.92 Å². The molecule has 0 spiro atoms. The minimum absolute atomic E-state index is 0.658. The minimum atomic E-state index is 0.658. The molecule has 5 nitrogen and oxygen atoms in total. The van der Waals surface area contributed by atoms with Crippen LogP contribution >= 0.6 is 0 Å². The molecule has 5 heteroatoms. The van der Waals surface area contributed by atoms with E-state index in [1.807, 2.05) is 30.1 Å². The van der Waals surface area contributed by atoms with Gasteiger partial charge in [-0.3, -0.25) is 0 Å². The number of aryl methyl sites for hydroxylation is 1. The summed E-state index contributed by atoms with van der Waals surface area (Å²) in [5, 5.41) is 7.34. The molecule has 0 aliphatic heterocycles. The molecule has 1 N–H and O–H groups in total. The van der Waals surface area contributed by atoms with Crippen molar-refractivity contribution in [1.29, 1.82) is 0 Å². The second-order valence-electron chi connectivity index (χ2n) is 4.99. The molecule has 0 aromatic carbocycles. The van der Waals surface area contributed by atoms with Gasteiger partial charge in [0.2, 0.25) is 0 Å². The van der Waals surface area contributed by atoms with Gasteiger partial charge in [-0.1, -0.05) is 19.0 Å². The Kier molecular flexibility index (Phi) is 4.15. The number of hydrogen-bond donors (Lipinski definition) is 1. The molecule has 0 aliphatic rings. The van der Waals surface area contributed by atoms with Crippen LogP contribution in [0.2, 0.25) is 0 Å². The van der Waals surface area contributed by atoms with Gasteiger partial charge in [0.1, 0.15) is 11.5 Å². The summed E-state index contributed by atoms with van der Waals surface area (Å²) in [6.45, 7) is 8.80. The highest BCUT2D eigenvalue weighted by atomic mass is 16.5. The Labute approximate surface area is 107 Å². The predicted molar refractivity (Wildman–Crippen MR) is 69.1 cm³/mol. The fraction of sp³-hybridized carbons (Fsp3) is 0.538. The van der Waals surface area contributed by atoms with Crippen LogP contribution in [0.15, 0.2) is 23.1 Å². The number of hydrogen-bond acceptors (Lipinski definition) is 4. The van der Waals surface area contributed by atoms with Gasteiger partial charge in [-0.05, 0) is 19.4 Å². The molecular weight excluding hydrogens is 228 g/mol. The van der Waals surface area contributed by atoms with Crippen molar-refractivity contribution in [2.45, 2.75) is 33.9 Å². The third-order valence-electron chi connectivity index (χ3n) is 2.57. The van der Waals surface area contributed by atoms with E-state index in [9.17, 15) is 0 Å². The van der Waals surface area contributed by atoms with E-state index in [0.717, 1.165) is 30.2 Å². The Morgan fingerprint density at radius 3 is 2.89 bits per heavy atom. The largest absolute Gasteiger partial charge is 0.361 e. The third-order valence-corrected chi connectivity index (χ3v) is 2.57. The second kappa shape index (κ2) is 5.82. The Hall–Kier alpha value is -1.62. The topological polar surface area (TPSA) is 55.9 Å². The highest BCUT2D eigenvalue weighted by Gasteiger charge is 2.03. The van der Waals surface area contributed by atoms with Gasteiger partial charge in [0.25, 0.3) is 0 Å². The van der Waals surface area contributed by atoms with Crippen LogP contribution in [0, 0.1) is 12.8 Å². The van der Waals surface area contributed by atoms with Crippen molar-refractivity contribution in [3.63, 3.8) is 0 Å². The molecule has 98 valence electrons. The number of aromatic nitrogens is 3. The maximum atomic E-state index is 5.04. The summed E-state index contributed by atoms with van der Waals surface area (Å²) in [4.78, 5) is 4.36. The summed E-state index contributed by atoms with van der Waals surface area (Å²) in [6.07, 6.45) is 3.87. The zero-order valence-electron chi connectivity index (χ0n) is 11.2. The molecule has 0 radical (unpaired) electrons. The Morgan fingerprint density at radius 2 is 2.22 bits per heavy atom. The van der Waals surface area contributed by atoms with E-state index in [1.54, 1.807) is 0 Å². The van der Waals surface area contributed by atoms with Crippen molar-refractivity contribution in [1.82, 2.24) is 20.0 Å². The van der Waals surface area contributed by atoms with E-state index in [1.165, 1.54) is 0 Å². The first-order valence-corrected chi connectivity index (χ1v) is 6.27. The molecule has 0 aliphatic carbocycles. The molecule has 2 aromatic heterocycles. The quantitative estimate of drug-likeness (QED) is 0.849. The molecule has 0 saturated heterocycles. The molecule has 0 unspecified atom stereocenters. The molecule has 18 heavy (non-hydrogen) atoms. The molecule has 2 aromatic rings. The first kappa shape index (κ1) is 12.8. The predicted octanol–water partition coefficient (Wildman–Crippen LogP) is 1.97. The number of rotatable bonds is 6. The lowest BCUT2D eigenvalue weighted by Gasteiger charge is -2.04. The Balaban J connectivity index is 1.86. The average molecular weight is 248 g/mol. The molecule has 2 heterocycles. The average Bonchev–Trinajstić information content (AvgIpc) is 2.89. The normalized spacial score (nSPS) is 11.3. The van der Waals surface area contributed by atoms with Crippen LogP contribution in [0.3, 0.4) is 0 Å². The molecule has 0 saturated carbocycles. The molecule has 0 amide bonds. The number of imidazole rings is 1. The maximum Gasteiger partial charge on any atom is 0.133 e. The van der Waals surface area contributed by atoms with E-state index in [4.69, 9.17) is 4.52 Å². The van der Waals surface area contributed by atoms with Crippen molar-refractivity contribution in [3.8, 4) is 0 Å². The molecule has 2 rings (SSSR count). The van der Waals surface area contributed by atoms with Crippen LogP contribution in [-0.2, 0) is 13.1 Å². The van der Waals surface area contributed by atoms with Crippen molar-refractivity contribution >= 4 is 0 Å². The van der Waals surface area contributed by atoms with E-state index in [0.29, 0.717) is 12.5 Å². The van der Waals surface area contributed by atoms with Gasteiger partial charge in [-0.25, -0.2) is 4.98 Å². The first-order chi connectivity index (χ1) is 8.63. The monoisotopic (exact) mass is 248 g/mol. The lowest BCUT2D eigenvalue weighted by atomic mass is 10.2. The van der Waals surface area contributed by atoms with E-state index < -0.39 is 0 Å². The summed E-state index contributed by atoms with van der Waals surface area (Å²) in [5.74, 6) is 1.49. The van der Waals surface area contributed by atoms with Crippen LogP contribution in [0.4, 0.5) is 0 Å². The van der Waals surface area contributed by atoms with Crippen LogP contribution in [0.1, 0.15) is 31.0 Å². The van der Waals surface area contributed by atoms with Gasteiger partial charge in [-0.2, -0.15) is 0 Å². The summed E-state index contributed by atoms with van der Waals surface area (Å²) < 4.78 is 7.06. The van der Waals surface area contributed by atoms with E-state index in [-0.39, 0.29) is 0 Å². The number of nitrogens with zero attached hydrogens (tertiary/aromatic N) is 3. The van der Waals surface area contributed by atoms with Crippen LogP contribution in [0.5, 0.6) is 0 Å². The van der Waals surface area contributed by atoms with Gasteiger partial charge < -0.3 is 14.4 Å². The highest BCUT2D eigenvalue weighted by molar-refractivity contribution is 5.06. The summed E-state index contributed by atoms with van der Waals surface area (Å²) in [5.41, 5.74) is 1.97. The summed E-state index contributed by atoms with van der Waals surface area (Å²) in [7, 11) is 0. The minimum Gasteiger partial charge on any atom is -0.361 e. The summed E-state index contributed by atoms with van der Waals surface area (Å²) >= 11 is 0. The second-order valence-corrected chi connectivity index (χ2v) is 4.99. The zero-order chi connectivity index (χ0) is 13.0. The van der Waals surface area contributed by atoms with Crippen molar-refractivity contribution < 1.29 is 4.52 Å². The summed E-state index contributed by atoms with van der Waals surface area (Å²) in [6, 6.07) is 1.94. The highest BCUT2D eigenvalue weighted by Crippen LogP contribution is 2.05. The van der Waals surface area contributed by atoms with Crippen LogP contribution in [0.25, 0.3) is 0 Å². The van der Waals surface area contributed by atoms with E-state index >= 15 is 0 Å². The molecular formula is C13H20N4O. The SMILES string of the molecule is Cc1cc(Cn2cnc(CNCC(C)C)c2)no1. The van der Waals surface area contributed by atoms with Gasteiger partial charge in [0, 0.05) is 18.8 Å². The van der Waals surface area contributed by atoms with Crippen LogP contribution < -0.4 is 5.32 Å². The van der Waals surface area contributed by atoms with Crippen LogP contribution in [-0.4, -0.2) is 21.3 Å². The third kappa shape index (κ3) is 3.70. The Bertz CT molecular complexity index is 487. The van der Waals surface area contributed by atoms with Gasteiger partial charge in [0.15, 0.2) is 0 Å². The van der Waals surface area contributed by atoms with Gasteiger partial charge >= 0.3 is 0 Å². The smallest absolute Gasteiger partial charge is 0.133 e. The first-order valence-electron chi connectivity index (χ1n) is 6.27. The fourth-order valence-electron chi connectivity index (χ4n) is 1.75. The van der Waals surface area contributed by atoms with Gasteiger partial charge in [0.05, 0.1) is 18.6 Å². The molecule has 0 fully saturated rings. The maximum absolute atomic E-state index is 5.04. The van der Waals surface area contributed by atoms with Gasteiger partial charge in [-0.15, -0.1) is 0 Å². The van der Waals surface area contributed by atoms with Crippen molar-refractivity contribution in [2.75, 3.05) is 6.54 Å². The standard InChI is InChI=1S/C13H20N4O/c1-10(2)5-14-6-13-8-17(9-15-13)7-12-4-11(3)18-16-12/h4,8-10,14H,5-7H2,1-3H3. The zero-order valence-corrected chi connectivity index (χ0v) is 11.2. The Morgan fingerprint density at radius 1 is 1.39 bits per heavy atom. The molecule has 0 bridgehead atoms.